The number of hydrogen-bond donors (Lipinski definition) is 0. The van der Waals surface area contributed by atoms with Gasteiger partial charge in [0.2, 0.25) is 0 Å². The lowest BCUT2D eigenvalue weighted by atomic mass is 9.84. The van der Waals surface area contributed by atoms with Crippen LogP contribution in [0.15, 0.2) is 66.9 Å². The van der Waals surface area contributed by atoms with Gasteiger partial charge in [-0.25, -0.2) is 0 Å². The molecule has 0 aliphatic carbocycles. The van der Waals surface area contributed by atoms with Gasteiger partial charge in [-0.15, -0.1) is 0 Å². The number of likely N-dealkylation sites (tertiary alicyclic amines) is 1. The van der Waals surface area contributed by atoms with E-state index < -0.39 is 0 Å². The van der Waals surface area contributed by atoms with Crippen LogP contribution in [0.2, 0.25) is 0 Å². The van der Waals surface area contributed by atoms with Crippen LogP contribution in [0.5, 0.6) is 5.75 Å². The van der Waals surface area contributed by atoms with E-state index in [9.17, 15) is 9.59 Å². The Morgan fingerprint density at radius 1 is 1.09 bits per heavy atom. The van der Waals surface area contributed by atoms with Crippen LogP contribution in [0.3, 0.4) is 0 Å². The molecule has 0 spiro atoms. The van der Waals surface area contributed by atoms with Crippen molar-refractivity contribution in [3.8, 4) is 5.75 Å². The molecular formula is C27H32N4O3. The average molecular weight is 461 g/mol. The molecule has 1 fully saturated rings. The maximum Gasteiger partial charge on any atom is 0.274 e. The maximum atomic E-state index is 13.3. The number of amides is 2. The minimum Gasteiger partial charge on any atom is -0.497 e. The first-order valence-corrected chi connectivity index (χ1v) is 11.7. The van der Waals surface area contributed by atoms with E-state index in [1.165, 1.54) is 0 Å². The van der Waals surface area contributed by atoms with Crippen molar-refractivity contribution in [3.63, 3.8) is 0 Å². The smallest absolute Gasteiger partial charge is 0.274 e. The molecule has 2 amide bonds. The van der Waals surface area contributed by atoms with E-state index in [-0.39, 0.29) is 23.8 Å². The molecule has 1 aliphatic rings. The molecule has 34 heavy (non-hydrogen) atoms. The Balaban J connectivity index is 1.51. The van der Waals surface area contributed by atoms with Gasteiger partial charge in [-0.2, -0.15) is 5.10 Å². The molecule has 7 nitrogen and oxygen atoms in total. The highest BCUT2D eigenvalue weighted by atomic mass is 16.5. The van der Waals surface area contributed by atoms with E-state index in [0.717, 1.165) is 29.7 Å². The summed E-state index contributed by atoms with van der Waals surface area (Å²) in [6, 6.07) is 19.2. The number of nitrogens with zero attached hydrogens (tertiary/aromatic N) is 4. The second-order valence-corrected chi connectivity index (χ2v) is 8.91. The fourth-order valence-corrected chi connectivity index (χ4v) is 4.77. The second kappa shape index (κ2) is 10.5. The molecule has 1 aromatic heterocycles. The van der Waals surface area contributed by atoms with Crippen LogP contribution in [-0.2, 0) is 13.5 Å². The number of methoxy groups -OCH3 is 1. The number of carbonyl (C=O) groups excluding carboxylic acids is 2. The van der Waals surface area contributed by atoms with Gasteiger partial charge >= 0.3 is 0 Å². The predicted molar refractivity (Wildman–Crippen MR) is 131 cm³/mol. The van der Waals surface area contributed by atoms with Crippen LogP contribution >= 0.6 is 0 Å². The van der Waals surface area contributed by atoms with E-state index in [4.69, 9.17) is 4.74 Å². The van der Waals surface area contributed by atoms with Gasteiger partial charge in [-0.05, 0) is 61.1 Å². The minimum absolute atomic E-state index is 0.0180. The van der Waals surface area contributed by atoms with Gasteiger partial charge in [-0.3, -0.25) is 14.3 Å². The maximum absolute atomic E-state index is 13.3. The molecule has 1 saturated heterocycles. The molecule has 1 atom stereocenters. The SMILES string of the molecule is COc1cccc(C[C@H](C2CCN(C(=O)c3ccccc3)CC2)N(C)C(=O)c2ccn(C)n2)c1. The Kier molecular flexibility index (Phi) is 7.30. The summed E-state index contributed by atoms with van der Waals surface area (Å²) >= 11 is 0. The highest BCUT2D eigenvalue weighted by molar-refractivity contribution is 5.94. The van der Waals surface area contributed by atoms with Gasteiger partial charge in [0.1, 0.15) is 11.4 Å². The zero-order chi connectivity index (χ0) is 24.1. The van der Waals surface area contributed by atoms with Crippen molar-refractivity contribution in [1.29, 1.82) is 0 Å². The predicted octanol–water partition coefficient (Wildman–Crippen LogP) is 3.66. The van der Waals surface area contributed by atoms with E-state index in [1.54, 1.807) is 24.1 Å². The highest BCUT2D eigenvalue weighted by Crippen LogP contribution is 2.28. The zero-order valence-electron chi connectivity index (χ0n) is 20.1. The third-order valence-corrected chi connectivity index (χ3v) is 6.72. The summed E-state index contributed by atoms with van der Waals surface area (Å²) in [7, 11) is 5.33. The van der Waals surface area contributed by atoms with Crippen molar-refractivity contribution in [3.05, 3.63) is 83.7 Å². The lowest BCUT2D eigenvalue weighted by Crippen LogP contribution is -2.48. The van der Waals surface area contributed by atoms with Crippen molar-refractivity contribution < 1.29 is 14.3 Å². The molecule has 0 N–H and O–H groups in total. The molecular weight excluding hydrogens is 428 g/mol. The van der Waals surface area contributed by atoms with Crippen molar-refractivity contribution >= 4 is 11.8 Å². The number of aromatic nitrogens is 2. The summed E-state index contributed by atoms with van der Waals surface area (Å²) in [6.07, 6.45) is 4.18. The second-order valence-electron chi connectivity index (χ2n) is 8.91. The third kappa shape index (κ3) is 5.30. The monoisotopic (exact) mass is 460 g/mol. The first-order valence-electron chi connectivity index (χ1n) is 11.7. The van der Waals surface area contributed by atoms with Crippen LogP contribution in [0.1, 0.15) is 39.3 Å². The Morgan fingerprint density at radius 3 is 2.47 bits per heavy atom. The molecule has 3 aromatic rings. The summed E-state index contributed by atoms with van der Waals surface area (Å²) < 4.78 is 7.05. The number of rotatable bonds is 7. The first kappa shape index (κ1) is 23.5. The fraction of sp³-hybridized carbons (Fsp3) is 0.370. The van der Waals surface area contributed by atoms with Gasteiger partial charge in [0.15, 0.2) is 0 Å². The number of benzene rings is 2. The van der Waals surface area contributed by atoms with Gasteiger partial charge in [-0.1, -0.05) is 30.3 Å². The molecule has 4 rings (SSSR count). The van der Waals surface area contributed by atoms with Crippen LogP contribution in [0.25, 0.3) is 0 Å². The quantitative estimate of drug-likeness (QED) is 0.540. The molecule has 0 bridgehead atoms. The first-order chi connectivity index (χ1) is 16.5. The van der Waals surface area contributed by atoms with Crippen LogP contribution in [0.4, 0.5) is 0 Å². The molecule has 178 valence electrons. The number of piperidine rings is 1. The molecule has 2 heterocycles. The van der Waals surface area contributed by atoms with E-state index in [2.05, 4.69) is 11.2 Å². The minimum atomic E-state index is -0.0868. The molecule has 0 radical (unpaired) electrons. The largest absolute Gasteiger partial charge is 0.497 e. The molecule has 0 unspecified atom stereocenters. The lowest BCUT2D eigenvalue weighted by molar-refractivity contribution is 0.0518. The van der Waals surface area contributed by atoms with Crippen molar-refractivity contribution in [1.82, 2.24) is 19.6 Å². The number of ether oxygens (including phenoxy) is 1. The lowest BCUT2D eigenvalue weighted by Gasteiger charge is -2.40. The third-order valence-electron chi connectivity index (χ3n) is 6.72. The summed E-state index contributed by atoms with van der Waals surface area (Å²) in [5, 5.41) is 4.32. The Labute approximate surface area is 200 Å². The van der Waals surface area contributed by atoms with Crippen molar-refractivity contribution in [2.75, 3.05) is 27.2 Å². The summed E-state index contributed by atoms with van der Waals surface area (Å²) in [4.78, 5) is 29.9. The van der Waals surface area contributed by atoms with Crippen LogP contribution in [0, 0.1) is 5.92 Å². The topological polar surface area (TPSA) is 67.7 Å². The number of likely N-dealkylation sites (N-methyl/N-ethyl adjacent to an activating group) is 1. The molecule has 7 heteroatoms. The number of hydrogen-bond acceptors (Lipinski definition) is 4. The summed E-state index contributed by atoms with van der Waals surface area (Å²) in [6.45, 7) is 1.36. The fourth-order valence-electron chi connectivity index (χ4n) is 4.77. The van der Waals surface area contributed by atoms with Crippen molar-refractivity contribution in [2.45, 2.75) is 25.3 Å². The molecule has 0 saturated carbocycles. The number of aryl methyl sites for hydroxylation is 1. The molecule has 1 aliphatic heterocycles. The van der Waals surface area contributed by atoms with E-state index in [0.29, 0.717) is 25.2 Å². The van der Waals surface area contributed by atoms with Crippen LogP contribution < -0.4 is 4.74 Å². The zero-order valence-corrected chi connectivity index (χ0v) is 20.1. The van der Waals surface area contributed by atoms with Gasteiger partial charge in [0.25, 0.3) is 11.8 Å². The normalized spacial score (nSPS) is 15.1. The van der Waals surface area contributed by atoms with E-state index in [1.807, 2.05) is 72.4 Å². The Morgan fingerprint density at radius 2 is 1.82 bits per heavy atom. The molecule has 2 aromatic carbocycles. The van der Waals surface area contributed by atoms with Gasteiger partial charge in [0, 0.05) is 45.0 Å². The van der Waals surface area contributed by atoms with Gasteiger partial charge in [0.05, 0.1) is 7.11 Å². The summed E-state index contributed by atoms with van der Waals surface area (Å²) in [5.74, 6) is 1.06. The Hall–Kier alpha value is -3.61. The standard InChI is InChI=1S/C27H32N4O3/c1-29-15-14-24(28-29)27(33)30(2)25(19-20-8-7-11-23(18-20)34-3)21-12-16-31(17-13-21)26(32)22-9-5-4-6-10-22/h4-11,14-15,18,21,25H,12-13,16-17,19H2,1-3H3/t25-/m1/s1. The Bertz CT molecular complexity index is 1120. The van der Waals surface area contributed by atoms with Gasteiger partial charge < -0.3 is 14.5 Å². The van der Waals surface area contributed by atoms with Crippen LogP contribution in [-0.4, -0.2) is 64.7 Å². The average Bonchev–Trinajstić information content (AvgIpc) is 3.33. The highest BCUT2D eigenvalue weighted by Gasteiger charge is 2.33. The van der Waals surface area contributed by atoms with Crippen molar-refractivity contribution in [2.24, 2.45) is 13.0 Å². The number of carbonyl (C=O) groups is 2. The summed E-state index contributed by atoms with van der Waals surface area (Å²) in [5.41, 5.74) is 2.28. The van der Waals surface area contributed by atoms with E-state index >= 15 is 0 Å².